The Morgan fingerprint density at radius 2 is 1.97 bits per heavy atom. The van der Waals surface area contributed by atoms with Crippen LogP contribution in [0.3, 0.4) is 0 Å². The molecular formula is C22H24N4O3S. The average Bonchev–Trinajstić information content (AvgIpc) is 3.14. The van der Waals surface area contributed by atoms with Gasteiger partial charge in [-0.05, 0) is 57.3 Å². The van der Waals surface area contributed by atoms with Gasteiger partial charge in [0.15, 0.2) is 5.13 Å². The van der Waals surface area contributed by atoms with Crippen molar-refractivity contribution in [1.82, 2.24) is 9.88 Å². The number of aromatic nitrogens is 1. The highest BCUT2D eigenvalue weighted by molar-refractivity contribution is 7.22. The Hall–Kier alpha value is -3.10. The molecule has 7 nitrogen and oxygen atoms in total. The van der Waals surface area contributed by atoms with Gasteiger partial charge in [0, 0.05) is 24.8 Å². The summed E-state index contributed by atoms with van der Waals surface area (Å²) in [5.41, 5.74) is 2.58. The molecule has 3 aromatic rings. The lowest BCUT2D eigenvalue weighted by molar-refractivity contribution is -0.384. The number of benzene rings is 2. The average molecular weight is 425 g/mol. The van der Waals surface area contributed by atoms with Gasteiger partial charge in [-0.15, -0.1) is 0 Å². The highest BCUT2D eigenvalue weighted by Gasteiger charge is 2.18. The largest absolute Gasteiger partial charge is 0.309 e. The number of nitro benzene ring substituents is 1. The molecule has 8 heteroatoms. The number of carbonyl (C=O) groups is 1. The number of rotatable bonds is 8. The summed E-state index contributed by atoms with van der Waals surface area (Å²) >= 11 is 1.49. The van der Waals surface area contributed by atoms with E-state index in [4.69, 9.17) is 4.98 Å². The summed E-state index contributed by atoms with van der Waals surface area (Å²) in [5, 5.41) is 11.6. The Kier molecular flexibility index (Phi) is 6.91. The second-order valence-corrected chi connectivity index (χ2v) is 8.26. The van der Waals surface area contributed by atoms with E-state index in [1.54, 1.807) is 23.1 Å². The molecule has 30 heavy (non-hydrogen) atoms. The maximum Gasteiger partial charge on any atom is 0.270 e. The lowest BCUT2D eigenvalue weighted by Crippen LogP contribution is -2.32. The first-order chi connectivity index (χ1) is 14.3. The topological polar surface area (TPSA) is 79.6 Å². The lowest BCUT2D eigenvalue weighted by Gasteiger charge is -2.19. The van der Waals surface area contributed by atoms with Crippen molar-refractivity contribution >= 4 is 44.4 Å². The number of nitro groups is 1. The number of aryl methyl sites for hydroxylation is 1. The second-order valence-electron chi connectivity index (χ2n) is 7.25. The van der Waals surface area contributed by atoms with E-state index < -0.39 is 4.92 Å². The molecule has 0 fully saturated rings. The van der Waals surface area contributed by atoms with E-state index in [-0.39, 0.29) is 11.6 Å². The minimum absolute atomic E-state index is 0.00548. The molecule has 3 rings (SSSR count). The molecule has 0 bridgehead atoms. The van der Waals surface area contributed by atoms with Crippen LogP contribution in [0.1, 0.15) is 17.5 Å². The summed E-state index contributed by atoms with van der Waals surface area (Å²) in [7, 11) is 3.99. The van der Waals surface area contributed by atoms with Crippen LogP contribution in [-0.4, -0.2) is 47.9 Å². The number of thiazole rings is 1. The minimum Gasteiger partial charge on any atom is -0.309 e. The Morgan fingerprint density at radius 1 is 1.20 bits per heavy atom. The number of nitrogens with zero attached hydrogens (tertiary/aromatic N) is 4. The Labute approximate surface area is 179 Å². The fourth-order valence-corrected chi connectivity index (χ4v) is 4.11. The van der Waals surface area contributed by atoms with Crippen molar-refractivity contribution in [2.45, 2.75) is 13.3 Å². The van der Waals surface area contributed by atoms with Crippen LogP contribution in [0.25, 0.3) is 16.3 Å². The Morgan fingerprint density at radius 3 is 2.67 bits per heavy atom. The summed E-state index contributed by atoms with van der Waals surface area (Å²) in [6, 6.07) is 12.2. The Bertz CT molecular complexity index is 1090. The van der Waals surface area contributed by atoms with Crippen LogP contribution in [0.2, 0.25) is 0 Å². The third-order valence-electron chi connectivity index (χ3n) is 4.59. The fraction of sp³-hybridized carbons (Fsp3) is 0.273. The zero-order chi connectivity index (χ0) is 21.7. The second kappa shape index (κ2) is 9.60. The van der Waals surface area contributed by atoms with E-state index in [2.05, 4.69) is 4.90 Å². The van der Waals surface area contributed by atoms with Crippen molar-refractivity contribution in [3.05, 3.63) is 69.8 Å². The third-order valence-corrected chi connectivity index (χ3v) is 5.64. The molecule has 1 aromatic heterocycles. The number of non-ortho nitro benzene ring substituents is 1. The number of amides is 1. The predicted octanol–water partition coefficient (Wildman–Crippen LogP) is 4.51. The standard InChI is InChI=1S/C22H24N4O3S/c1-16-7-4-10-19-21(16)23-22(30-19)25(14-6-13-24(2)3)20(27)12-11-17-8-5-9-18(15-17)26(28)29/h4-5,7-12,15H,6,13-14H2,1-3H3/b12-11+. The minimum atomic E-state index is -0.448. The summed E-state index contributed by atoms with van der Waals surface area (Å²) in [6.07, 6.45) is 3.86. The van der Waals surface area contributed by atoms with Gasteiger partial charge >= 0.3 is 0 Å². The number of fused-ring (bicyclic) bond motifs is 1. The number of anilines is 1. The molecule has 0 saturated carbocycles. The van der Waals surface area contributed by atoms with Crippen molar-refractivity contribution in [1.29, 1.82) is 0 Å². The summed E-state index contributed by atoms with van der Waals surface area (Å²) in [5.74, 6) is -0.197. The molecule has 0 radical (unpaired) electrons. The van der Waals surface area contributed by atoms with Gasteiger partial charge in [0.25, 0.3) is 11.6 Å². The van der Waals surface area contributed by atoms with Crippen LogP contribution >= 0.6 is 11.3 Å². The normalized spacial score (nSPS) is 11.5. The van der Waals surface area contributed by atoms with E-state index in [1.807, 2.05) is 39.2 Å². The maximum absolute atomic E-state index is 13.0. The summed E-state index contributed by atoms with van der Waals surface area (Å²) < 4.78 is 1.04. The maximum atomic E-state index is 13.0. The number of hydrogen-bond acceptors (Lipinski definition) is 6. The van der Waals surface area contributed by atoms with Gasteiger partial charge < -0.3 is 4.90 Å². The van der Waals surface area contributed by atoms with Crippen molar-refractivity contribution < 1.29 is 9.72 Å². The molecule has 1 amide bonds. The van der Waals surface area contributed by atoms with Crippen molar-refractivity contribution in [2.75, 3.05) is 32.1 Å². The highest BCUT2D eigenvalue weighted by atomic mass is 32.1. The van der Waals surface area contributed by atoms with Gasteiger partial charge in [-0.25, -0.2) is 4.98 Å². The van der Waals surface area contributed by atoms with Gasteiger partial charge in [0.2, 0.25) is 0 Å². The molecule has 0 saturated heterocycles. The first-order valence-electron chi connectivity index (χ1n) is 9.60. The molecular weight excluding hydrogens is 400 g/mol. The lowest BCUT2D eigenvalue weighted by atomic mass is 10.2. The summed E-state index contributed by atoms with van der Waals surface area (Å²) in [4.78, 5) is 32.0. The molecule has 0 atom stereocenters. The monoisotopic (exact) mass is 424 g/mol. The molecule has 0 aliphatic rings. The first kappa shape index (κ1) is 21.6. The smallest absolute Gasteiger partial charge is 0.270 e. The van der Waals surface area contributed by atoms with Crippen LogP contribution in [0, 0.1) is 17.0 Å². The quantitative estimate of drug-likeness (QED) is 0.302. The van der Waals surface area contributed by atoms with Gasteiger partial charge in [0.1, 0.15) is 0 Å². The van der Waals surface area contributed by atoms with Crippen LogP contribution in [-0.2, 0) is 4.79 Å². The fourth-order valence-electron chi connectivity index (χ4n) is 3.03. The molecule has 156 valence electrons. The van der Waals surface area contributed by atoms with Gasteiger partial charge in [-0.1, -0.05) is 35.6 Å². The van der Waals surface area contributed by atoms with Crippen molar-refractivity contribution in [3.8, 4) is 0 Å². The van der Waals surface area contributed by atoms with Gasteiger partial charge in [0.05, 0.1) is 15.1 Å². The first-order valence-corrected chi connectivity index (χ1v) is 10.4. The van der Waals surface area contributed by atoms with E-state index in [0.29, 0.717) is 17.2 Å². The number of hydrogen-bond donors (Lipinski definition) is 0. The van der Waals surface area contributed by atoms with Crippen molar-refractivity contribution in [2.24, 2.45) is 0 Å². The number of carbonyl (C=O) groups excluding carboxylic acids is 1. The van der Waals surface area contributed by atoms with Crippen LogP contribution in [0.4, 0.5) is 10.8 Å². The van der Waals surface area contributed by atoms with Gasteiger partial charge in [-0.3, -0.25) is 19.8 Å². The van der Waals surface area contributed by atoms with Crippen LogP contribution in [0.15, 0.2) is 48.5 Å². The zero-order valence-electron chi connectivity index (χ0n) is 17.2. The van der Waals surface area contributed by atoms with Crippen molar-refractivity contribution in [3.63, 3.8) is 0 Å². The van der Waals surface area contributed by atoms with Crippen LogP contribution < -0.4 is 4.90 Å². The third kappa shape index (κ3) is 5.28. The predicted molar refractivity (Wildman–Crippen MR) is 122 cm³/mol. The Balaban J connectivity index is 1.87. The molecule has 0 N–H and O–H groups in total. The van der Waals surface area contributed by atoms with Crippen LogP contribution in [0.5, 0.6) is 0 Å². The zero-order valence-corrected chi connectivity index (χ0v) is 18.1. The number of para-hydroxylation sites is 1. The molecule has 2 aromatic carbocycles. The molecule has 0 aliphatic heterocycles. The molecule has 1 heterocycles. The molecule has 0 unspecified atom stereocenters. The van der Waals surface area contributed by atoms with E-state index in [0.717, 1.165) is 28.7 Å². The van der Waals surface area contributed by atoms with E-state index in [1.165, 1.54) is 29.5 Å². The van der Waals surface area contributed by atoms with Gasteiger partial charge in [-0.2, -0.15) is 0 Å². The van der Waals surface area contributed by atoms with E-state index >= 15 is 0 Å². The molecule has 0 spiro atoms. The highest BCUT2D eigenvalue weighted by Crippen LogP contribution is 2.31. The molecule has 0 aliphatic carbocycles. The van der Waals surface area contributed by atoms with E-state index in [9.17, 15) is 14.9 Å². The summed E-state index contributed by atoms with van der Waals surface area (Å²) in [6.45, 7) is 3.39. The SMILES string of the molecule is Cc1cccc2sc(N(CCCN(C)C)C(=O)/C=C/c3cccc([N+](=O)[O-])c3)nc12.